The molecular formula is C14H28N2. The van der Waals surface area contributed by atoms with Crippen molar-refractivity contribution in [1.82, 2.24) is 10.2 Å². The number of hydrogen-bond donors (Lipinski definition) is 1. The Bertz CT molecular complexity index is 223. The van der Waals surface area contributed by atoms with Crippen LogP contribution in [-0.4, -0.2) is 36.6 Å². The van der Waals surface area contributed by atoms with Gasteiger partial charge in [0.1, 0.15) is 0 Å². The first-order valence-corrected chi connectivity index (χ1v) is 7.10. The van der Waals surface area contributed by atoms with Gasteiger partial charge in [0.2, 0.25) is 0 Å². The van der Waals surface area contributed by atoms with Crippen molar-refractivity contribution in [2.24, 2.45) is 5.41 Å². The summed E-state index contributed by atoms with van der Waals surface area (Å²) in [5, 5.41) is 3.60. The molecule has 1 heterocycles. The van der Waals surface area contributed by atoms with Crippen LogP contribution in [0.4, 0.5) is 0 Å². The van der Waals surface area contributed by atoms with Crippen molar-refractivity contribution >= 4 is 0 Å². The smallest absolute Gasteiger partial charge is 0.00939 e. The first kappa shape index (κ1) is 12.4. The van der Waals surface area contributed by atoms with Gasteiger partial charge in [0.25, 0.3) is 0 Å². The number of likely N-dealkylation sites (tertiary alicyclic amines) is 1. The van der Waals surface area contributed by atoms with Crippen molar-refractivity contribution in [2.75, 3.05) is 19.6 Å². The number of nitrogens with zero attached hydrogens (tertiary/aromatic N) is 1. The second-order valence-electron chi connectivity index (χ2n) is 6.26. The average Bonchev–Trinajstić information content (AvgIpc) is 2.20. The molecule has 2 atom stereocenters. The van der Waals surface area contributed by atoms with Gasteiger partial charge in [0.15, 0.2) is 0 Å². The molecule has 0 radical (unpaired) electrons. The van der Waals surface area contributed by atoms with Crippen LogP contribution < -0.4 is 5.32 Å². The van der Waals surface area contributed by atoms with Crippen molar-refractivity contribution in [3.63, 3.8) is 0 Å². The van der Waals surface area contributed by atoms with Gasteiger partial charge < -0.3 is 10.2 Å². The molecule has 2 nitrogen and oxygen atoms in total. The predicted octanol–water partition coefficient (Wildman–Crippen LogP) is 2.64. The first-order chi connectivity index (χ1) is 7.63. The molecule has 0 aromatic rings. The Kier molecular flexibility index (Phi) is 3.91. The summed E-state index contributed by atoms with van der Waals surface area (Å²) in [6.07, 6.45) is 7.04. The number of hydrogen-bond acceptors (Lipinski definition) is 2. The van der Waals surface area contributed by atoms with Gasteiger partial charge in [-0.2, -0.15) is 0 Å². The summed E-state index contributed by atoms with van der Waals surface area (Å²) in [6, 6.07) is 1.54. The van der Waals surface area contributed by atoms with Gasteiger partial charge in [-0.25, -0.2) is 0 Å². The van der Waals surface area contributed by atoms with E-state index in [4.69, 9.17) is 0 Å². The molecule has 2 rings (SSSR count). The lowest BCUT2D eigenvalue weighted by Crippen LogP contribution is -2.51. The fraction of sp³-hybridized carbons (Fsp3) is 1.00. The van der Waals surface area contributed by atoms with Crippen LogP contribution in [0.2, 0.25) is 0 Å². The Hall–Kier alpha value is -0.0800. The van der Waals surface area contributed by atoms with Crippen molar-refractivity contribution < 1.29 is 0 Å². The van der Waals surface area contributed by atoms with Crippen LogP contribution in [0, 0.1) is 5.41 Å². The Morgan fingerprint density at radius 3 is 2.62 bits per heavy atom. The standard InChI is InChI=1S/C14H28N2/c1-4-15-13-6-9-16(12(2)10-13)11-14(3)7-5-8-14/h12-13,15H,4-11H2,1-3H3. The molecule has 1 aliphatic carbocycles. The molecule has 1 saturated heterocycles. The van der Waals surface area contributed by atoms with Crippen LogP contribution in [0.5, 0.6) is 0 Å². The predicted molar refractivity (Wildman–Crippen MR) is 69.7 cm³/mol. The van der Waals surface area contributed by atoms with E-state index >= 15 is 0 Å². The van der Waals surface area contributed by atoms with Gasteiger partial charge in [-0.1, -0.05) is 20.3 Å². The molecule has 94 valence electrons. The van der Waals surface area contributed by atoms with Gasteiger partial charge in [-0.05, 0) is 51.1 Å². The second-order valence-corrected chi connectivity index (χ2v) is 6.26. The number of piperidine rings is 1. The molecule has 0 aromatic carbocycles. The summed E-state index contributed by atoms with van der Waals surface area (Å²) in [6.45, 7) is 10.9. The maximum Gasteiger partial charge on any atom is 0.00939 e. The number of nitrogens with one attached hydrogen (secondary N) is 1. The lowest BCUT2D eigenvalue weighted by atomic mass is 9.70. The second kappa shape index (κ2) is 5.05. The summed E-state index contributed by atoms with van der Waals surface area (Å²) < 4.78 is 0. The van der Waals surface area contributed by atoms with Crippen LogP contribution in [0.25, 0.3) is 0 Å². The van der Waals surface area contributed by atoms with Crippen LogP contribution in [-0.2, 0) is 0 Å². The Morgan fingerprint density at radius 2 is 2.12 bits per heavy atom. The molecule has 16 heavy (non-hydrogen) atoms. The minimum Gasteiger partial charge on any atom is -0.314 e. The van der Waals surface area contributed by atoms with Crippen LogP contribution >= 0.6 is 0 Å². The molecule has 2 heteroatoms. The number of rotatable bonds is 4. The SMILES string of the molecule is CCNC1CCN(CC2(C)CCC2)C(C)C1. The maximum atomic E-state index is 3.60. The van der Waals surface area contributed by atoms with Crippen molar-refractivity contribution in [1.29, 1.82) is 0 Å². The third-order valence-electron chi connectivity index (χ3n) is 4.65. The van der Waals surface area contributed by atoms with Gasteiger partial charge in [0.05, 0.1) is 0 Å². The summed E-state index contributed by atoms with van der Waals surface area (Å²) in [5.74, 6) is 0. The largest absolute Gasteiger partial charge is 0.314 e. The van der Waals surface area contributed by atoms with Crippen molar-refractivity contribution in [2.45, 2.75) is 65.0 Å². The zero-order valence-electron chi connectivity index (χ0n) is 11.3. The van der Waals surface area contributed by atoms with E-state index in [0.29, 0.717) is 5.41 Å². The van der Waals surface area contributed by atoms with Gasteiger partial charge in [-0.3, -0.25) is 0 Å². The fourth-order valence-corrected chi connectivity index (χ4v) is 3.36. The third-order valence-corrected chi connectivity index (χ3v) is 4.65. The van der Waals surface area contributed by atoms with Gasteiger partial charge in [-0.15, -0.1) is 0 Å². The van der Waals surface area contributed by atoms with E-state index in [1.165, 1.54) is 45.2 Å². The Labute approximate surface area is 101 Å². The topological polar surface area (TPSA) is 15.3 Å². The lowest BCUT2D eigenvalue weighted by Gasteiger charge is -2.47. The van der Waals surface area contributed by atoms with E-state index in [1.807, 2.05) is 0 Å². The van der Waals surface area contributed by atoms with Gasteiger partial charge in [0, 0.05) is 18.6 Å². The Balaban J connectivity index is 1.79. The van der Waals surface area contributed by atoms with Crippen LogP contribution in [0.1, 0.15) is 52.9 Å². The van der Waals surface area contributed by atoms with E-state index in [9.17, 15) is 0 Å². The summed E-state index contributed by atoms with van der Waals surface area (Å²) in [4.78, 5) is 2.73. The van der Waals surface area contributed by atoms with Crippen molar-refractivity contribution in [3.05, 3.63) is 0 Å². The normalized spacial score (nSPS) is 34.7. The molecule has 2 fully saturated rings. The fourth-order valence-electron chi connectivity index (χ4n) is 3.36. The summed E-state index contributed by atoms with van der Waals surface area (Å²) >= 11 is 0. The van der Waals surface area contributed by atoms with E-state index in [2.05, 4.69) is 31.0 Å². The molecule has 0 amide bonds. The zero-order valence-corrected chi connectivity index (χ0v) is 11.3. The molecule has 0 spiro atoms. The van der Waals surface area contributed by atoms with Crippen LogP contribution in [0.3, 0.4) is 0 Å². The average molecular weight is 224 g/mol. The molecule has 1 aliphatic heterocycles. The molecule has 1 N–H and O–H groups in total. The van der Waals surface area contributed by atoms with E-state index < -0.39 is 0 Å². The third kappa shape index (κ3) is 2.78. The van der Waals surface area contributed by atoms with E-state index in [0.717, 1.165) is 18.6 Å². The first-order valence-electron chi connectivity index (χ1n) is 7.10. The Morgan fingerprint density at radius 1 is 1.38 bits per heavy atom. The summed E-state index contributed by atoms with van der Waals surface area (Å²) in [5.41, 5.74) is 0.652. The molecule has 0 bridgehead atoms. The highest BCUT2D eigenvalue weighted by atomic mass is 15.2. The summed E-state index contributed by atoms with van der Waals surface area (Å²) in [7, 11) is 0. The quantitative estimate of drug-likeness (QED) is 0.790. The maximum absolute atomic E-state index is 3.60. The minimum atomic E-state index is 0.652. The minimum absolute atomic E-state index is 0.652. The lowest BCUT2D eigenvalue weighted by molar-refractivity contribution is 0.0402. The molecule has 0 aromatic heterocycles. The molecule has 2 aliphatic rings. The van der Waals surface area contributed by atoms with Crippen LogP contribution in [0.15, 0.2) is 0 Å². The van der Waals surface area contributed by atoms with Gasteiger partial charge >= 0.3 is 0 Å². The molecule has 2 unspecified atom stereocenters. The highest BCUT2D eigenvalue weighted by molar-refractivity contribution is 4.90. The molecule has 1 saturated carbocycles. The van der Waals surface area contributed by atoms with Crippen molar-refractivity contribution in [3.8, 4) is 0 Å². The highest BCUT2D eigenvalue weighted by Crippen LogP contribution is 2.41. The molecular weight excluding hydrogens is 196 g/mol. The zero-order chi connectivity index (χ0) is 11.6. The monoisotopic (exact) mass is 224 g/mol. The van der Waals surface area contributed by atoms with E-state index in [-0.39, 0.29) is 0 Å². The van der Waals surface area contributed by atoms with E-state index in [1.54, 1.807) is 0 Å². The highest BCUT2D eigenvalue weighted by Gasteiger charge is 2.36.